The Morgan fingerprint density at radius 2 is 1.54 bits per heavy atom. The molecule has 0 aliphatic carbocycles. The van der Waals surface area contributed by atoms with Crippen LogP contribution >= 0.6 is 0 Å². The molecule has 4 heterocycles. The fraction of sp³-hybridized carbons (Fsp3) is 0.286. The molecule has 0 amide bonds. The standard InChI is InChI=1S/C21H19N7/c22-10-19-21(24-9-8-23-19)28-13-16-11-27(12-17(16)14-28)20-7-6-18(25-26-20)15-4-2-1-3-5-15/h1-9,16-17H,11-14H2. The Balaban J connectivity index is 1.28. The third-order valence-corrected chi connectivity index (χ3v) is 5.61. The quantitative estimate of drug-likeness (QED) is 0.701. The van der Waals surface area contributed by atoms with Crippen LogP contribution in [0, 0.1) is 23.2 Å². The van der Waals surface area contributed by atoms with Crippen LogP contribution < -0.4 is 9.80 Å². The Hall–Kier alpha value is -3.53. The van der Waals surface area contributed by atoms with Crippen molar-refractivity contribution in [2.45, 2.75) is 0 Å². The van der Waals surface area contributed by atoms with Crippen LogP contribution in [0.3, 0.4) is 0 Å². The molecule has 3 aromatic rings. The maximum atomic E-state index is 9.27. The first-order valence-corrected chi connectivity index (χ1v) is 9.42. The van der Waals surface area contributed by atoms with Gasteiger partial charge in [-0.15, -0.1) is 10.2 Å². The first kappa shape index (κ1) is 16.6. The van der Waals surface area contributed by atoms with Crippen LogP contribution in [0.4, 0.5) is 11.6 Å². The van der Waals surface area contributed by atoms with E-state index >= 15 is 0 Å². The summed E-state index contributed by atoms with van der Waals surface area (Å²) in [5.41, 5.74) is 2.37. The minimum absolute atomic E-state index is 0.404. The summed E-state index contributed by atoms with van der Waals surface area (Å²) >= 11 is 0. The van der Waals surface area contributed by atoms with Crippen LogP contribution in [0.5, 0.6) is 0 Å². The molecule has 2 atom stereocenters. The third-order valence-electron chi connectivity index (χ3n) is 5.61. The lowest BCUT2D eigenvalue weighted by molar-refractivity contribution is 0.533. The summed E-state index contributed by atoms with van der Waals surface area (Å²) in [7, 11) is 0. The summed E-state index contributed by atoms with van der Waals surface area (Å²) in [6.07, 6.45) is 3.22. The molecule has 2 aromatic heterocycles. The lowest BCUT2D eigenvalue weighted by Crippen LogP contribution is -2.30. The summed E-state index contributed by atoms with van der Waals surface area (Å²) < 4.78 is 0. The van der Waals surface area contributed by atoms with Gasteiger partial charge >= 0.3 is 0 Å². The molecule has 1 aromatic carbocycles. The van der Waals surface area contributed by atoms with Gasteiger partial charge in [-0.05, 0) is 12.1 Å². The van der Waals surface area contributed by atoms with E-state index in [0.29, 0.717) is 23.3 Å². The Morgan fingerprint density at radius 1 is 0.821 bits per heavy atom. The average Bonchev–Trinajstić information content (AvgIpc) is 3.34. The average molecular weight is 369 g/mol. The molecule has 7 nitrogen and oxygen atoms in total. The Labute approximate surface area is 163 Å². The van der Waals surface area contributed by atoms with Crippen molar-refractivity contribution in [2.75, 3.05) is 36.0 Å². The fourth-order valence-corrected chi connectivity index (χ4v) is 4.25. The molecular weight excluding hydrogens is 350 g/mol. The van der Waals surface area contributed by atoms with Crippen molar-refractivity contribution < 1.29 is 0 Å². The molecule has 28 heavy (non-hydrogen) atoms. The van der Waals surface area contributed by atoms with Gasteiger partial charge in [-0.1, -0.05) is 30.3 Å². The molecule has 0 N–H and O–H groups in total. The van der Waals surface area contributed by atoms with Gasteiger partial charge in [0.05, 0.1) is 5.69 Å². The maximum Gasteiger partial charge on any atom is 0.183 e. The Kier molecular flexibility index (Phi) is 4.09. The number of fused-ring (bicyclic) bond motifs is 1. The summed E-state index contributed by atoms with van der Waals surface area (Å²) in [5, 5.41) is 18.2. The van der Waals surface area contributed by atoms with Crippen molar-refractivity contribution in [3.05, 3.63) is 60.6 Å². The number of rotatable bonds is 3. The topological polar surface area (TPSA) is 81.8 Å². The highest BCUT2D eigenvalue weighted by Gasteiger charge is 2.41. The van der Waals surface area contributed by atoms with Crippen molar-refractivity contribution in [3.8, 4) is 17.3 Å². The molecule has 0 spiro atoms. The van der Waals surface area contributed by atoms with Crippen LogP contribution in [0.15, 0.2) is 54.9 Å². The zero-order chi connectivity index (χ0) is 18.9. The summed E-state index contributed by atoms with van der Waals surface area (Å²) in [6, 6.07) is 16.3. The van der Waals surface area contributed by atoms with E-state index in [9.17, 15) is 5.26 Å². The number of benzene rings is 1. The van der Waals surface area contributed by atoms with Crippen molar-refractivity contribution in [1.29, 1.82) is 5.26 Å². The first-order valence-electron chi connectivity index (χ1n) is 9.42. The van der Waals surface area contributed by atoms with E-state index < -0.39 is 0 Å². The predicted molar refractivity (Wildman–Crippen MR) is 106 cm³/mol. The molecule has 2 aliphatic rings. The second-order valence-corrected chi connectivity index (χ2v) is 7.31. The van der Waals surface area contributed by atoms with Crippen LogP contribution in [0.2, 0.25) is 0 Å². The van der Waals surface area contributed by atoms with Crippen molar-refractivity contribution >= 4 is 11.6 Å². The highest BCUT2D eigenvalue weighted by atomic mass is 15.3. The van der Waals surface area contributed by atoms with E-state index in [1.165, 1.54) is 0 Å². The van der Waals surface area contributed by atoms with Crippen LogP contribution in [0.25, 0.3) is 11.3 Å². The highest BCUT2D eigenvalue weighted by Crippen LogP contribution is 2.35. The second kappa shape index (κ2) is 6.89. The number of aromatic nitrogens is 4. The molecule has 2 fully saturated rings. The monoisotopic (exact) mass is 369 g/mol. The zero-order valence-corrected chi connectivity index (χ0v) is 15.3. The Bertz CT molecular complexity index is 999. The largest absolute Gasteiger partial charge is 0.354 e. The summed E-state index contributed by atoms with van der Waals surface area (Å²) in [5.74, 6) is 2.70. The van der Waals surface area contributed by atoms with Crippen LogP contribution in [0.1, 0.15) is 5.69 Å². The van der Waals surface area contributed by atoms with Crippen molar-refractivity contribution in [3.63, 3.8) is 0 Å². The molecule has 0 radical (unpaired) electrons. The van der Waals surface area contributed by atoms with E-state index in [0.717, 1.165) is 43.3 Å². The van der Waals surface area contributed by atoms with Gasteiger partial charge in [0, 0.05) is 56.0 Å². The maximum absolute atomic E-state index is 9.27. The van der Waals surface area contributed by atoms with Crippen LogP contribution in [-0.2, 0) is 0 Å². The fourth-order valence-electron chi connectivity index (χ4n) is 4.25. The Morgan fingerprint density at radius 3 is 2.21 bits per heavy atom. The minimum Gasteiger partial charge on any atom is -0.354 e. The van der Waals surface area contributed by atoms with Crippen LogP contribution in [-0.4, -0.2) is 46.3 Å². The third kappa shape index (κ3) is 2.93. The number of anilines is 2. The van der Waals surface area contributed by atoms with Crippen molar-refractivity contribution in [2.24, 2.45) is 11.8 Å². The van der Waals surface area contributed by atoms with E-state index in [1.807, 2.05) is 36.4 Å². The zero-order valence-electron chi connectivity index (χ0n) is 15.3. The highest BCUT2D eigenvalue weighted by molar-refractivity contribution is 5.59. The molecule has 138 valence electrons. The van der Waals surface area contributed by atoms with Crippen molar-refractivity contribution in [1.82, 2.24) is 20.2 Å². The van der Waals surface area contributed by atoms with Gasteiger partial charge in [-0.2, -0.15) is 5.26 Å². The number of hydrogen-bond donors (Lipinski definition) is 0. The van der Waals surface area contributed by atoms with Gasteiger partial charge < -0.3 is 9.80 Å². The van der Waals surface area contributed by atoms with Gasteiger partial charge in [0.15, 0.2) is 17.3 Å². The molecule has 2 saturated heterocycles. The predicted octanol–water partition coefficient (Wildman–Crippen LogP) is 2.38. The number of nitrogens with zero attached hydrogens (tertiary/aromatic N) is 7. The smallest absolute Gasteiger partial charge is 0.183 e. The SMILES string of the molecule is N#Cc1nccnc1N1CC2CN(c3ccc(-c4ccccc4)nn3)CC2C1. The van der Waals surface area contributed by atoms with Gasteiger partial charge in [0.1, 0.15) is 6.07 Å². The lowest BCUT2D eigenvalue weighted by atomic mass is 10.0. The number of nitriles is 1. The number of hydrogen-bond acceptors (Lipinski definition) is 7. The molecule has 0 bridgehead atoms. The summed E-state index contributed by atoms with van der Waals surface area (Å²) in [6.45, 7) is 3.68. The van der Waals surface area contributed by atoms with E-state index in [2.05, 4.69) is 42.1 Å². The second-order valence-electron chi connectivity index (χ2n) is 7.31. The van der Waals surface area contributed by atoms with Gasteiger partial charge in [0.2, 0.25) is 0 Å². The van der Waals surface area contributed by atoms with E-state index in [4.69, 9.17) is 0 Å². The van der Waals surface area contributed by atoms with Gasteiger partial charge in [-0.3, -0.25) is 0 Å². The molecule has 5 rings (SSSR count). The first-order chi connectivity index (χ1) is 13.8. The van der Waals surface area contributed by atoms with E-state index in [1.54, 1.807) is 12.4 Å². The molecule has 2 aliphatic heterocycles. The molecule has 0 saturated carbocycles. The molecule has 2 unspecified atom stereocenters. The molecular formula is C21H19N7. The normalized spacial score (nSPS) is 20.8. The molecule has 7 heteroatoms. The van der Waals surface area contributed by atoms with Gasteiger partial charge in [0.25, 0.3) is 0 Å². The summed E-state index contributed by atoms with van der Waals surface area (Å²) in [4.78, 5) is 13.0. The van der Waals surface area contributed by atoms with Gasteiger partial charge in [-0.25, -0.2) is 9.97 Å². The minimum atomic E-state index is 0.404. The van der Waals surface area contributed by atoms with E-state index in [-0.39, 0.29) is 0 Å². The lowest BCUT2D eigenvalue weighted by Gasteiger charge is -2.23.